The Kier molecular flexibility index (Phi) is 5.81. The van der Waals surface area contributed by atoms with Gasteiger partial charge < -0.3 is 19.0 Å². The lowest BCUT2D eigenvalue weighted by Gasteiger charge is -2.34. The summed E-state index contributed by atoms with van der Waals surface area (Å²) in [5, 5.41) is -0.115. The van der Waals surface area contributed by atoms with Crippen molar-refractivity contribution >= 4 is 21.6 Å². The molecule has 34 heavy (non-hydrogen) atoms. The molecule has 5 rings (SSSR count). The average molecular weight is 482 g/mol. The standard InChI is InChI=1S/C25H27N3O5S/c1-17-6-10-21(11-7-17)34(30,31)23-25(28-14-12-27(13-15-28)24(29)18-8-9-18)33-22(26-23)19-4-3-5-20(16-19)32-2/h3-7,10-11,16,18H,8-9,12-15H2,1-2H3. The van der Waals surface area contributed by atoms with Gasteiger partial charge in [-0.3, -0.25) is 4.79 Å². The van der Waals surface area contributed by atoms with Crippen LogP contribution in [0.4, 0.5) is 5.88 Å². The number of anilines is 1. The van der Waals surface area contributed by atoms with Gasteiger partial charge in [0.15, 0.2) is 0 Å². The Morgan fingerprint density at radius 1 is 1.06 bits per heavy atom. The largest absolute Gasteiger partial charge is 0.497 e. The molecule has 1 amide bonds. The van der Waals surface area contributed by atoms with Crippen LogP contribution in [-0.4, -0.2) is 57.5 Å². The zero-order valence-corrected chi connectivity index (χ0v) is 20.0. The lowest BCUT2D eigenvalue weighted by molar-refractivity contribution is -0.132. The van der Waals surface area contributed by atoms with Crippen LogP contribution < -0.4 is 9.64 Å². The van der Waals surface area contributed by atoms with Crippen molar-refractivity contribution in [3.63, 3.8) is 0 Å². The Balaban J connectivity index is 1.52. The Labute approximate surface area is 199 Å². The van der Waals surface area contributed by atoms with E-state index in [0.29, 0.717) is 37.5 Å². The molecule has 1 aromatic heterocycles. The summed E-state index contributed by atoms with van der Waals surface area (Å²) in [4.78, 5) is 20.8. The third kappa shape index (κ3) is 4.27. The summed E-state index contributed by atoms with van der Waals surface area (Å²) in [6.07, 6.45) is 1.92. The summed E-state index contributed by atoms with van der Waals surface area (Å²) >= 11 is 0. The highest BCUT2D eigenvalue weighted by Gasteiger charge is 2.37. The summed E-state index contributed by atoms with van der Waals surface area (Å²) in [6.45, 7) is 3.90. The van der Waals surface area contributed by atoms with E-state index in [-0.39, 0.29) is 33.5 Å². The van der Waals surface area contributed by atoms with E-state index in [1.165, 1.54) is 0 Å². The number of ether oxygens (including phenoxy) is 1. The van der Waals surface area contributed by atoms with Crippen LogP contribution in [0.1, 0.15) is 18.4 Å². The van der Waals surface area contributed by atoms with Gasteiger partial charge in [0.05, 0.1) is 12.0 Å². The van der Waals surface area contributed by atoms with Crippen LogP contribution in [0.3, 0.4) is 0 Å². The number of oxazole rings is 1. The molecule has 0 spiro atoms. The number of carbonyl (C=O) groups is 1. The highest BCUT2D eigenvalue weighted by atomic mass is 32.2. The first-order valence-electron chi connectivity index (χ1n) is 11.4. The summed E-state index contributed by atoms with van der Waals surface area (Å²) < 4.78 is 38.6. The molecule has 9 heteroatoms. The molecule has 0 bridgehead atoms. The minimum atomic E-state index is -3.93. The van der Waals surface area contributed by atoms with Gasteiger partial charge in [-0.25, -0.2) is 8.42 Å². The van der Waals surface area contributed by atoms with Crippen LogP contribution in [0.5, 0.6) is 5.75 Å². The molecule has 0 unspecified atom stereocenters. The smallest absolute Gasteiger partial charge is 0.236 e. The first-order valence-corrected chi connectivity index (χ1v) is 12.9. The maximum Gasteiger partial charge on any atom is 0.236 e. The molecule has 0 radical (unpaired) electrons. The van der Waals surface area contributed by atoms with Crippen LogP contribution in [0.25, 0.3) is 11.5 Å². The first kappa shape index (κ1) is 22.5. The van der Waals surface area contributed by atoms with E-state index in [9.17, 15) is 13.2 Å². The SMILES string of the molecule is COc1cccc(-c2nc(S(=O)(=O)c3ccc(C)cc3)c(N3CCN(C(=O)C4CC4)CC3)o2)c1. The fraction of sp³-hybridized carbons (Fsp3) is 0.360. The van der Waals surface area contributed by atoms with Gasteiger partial charge in [-0.15, -0.1) is 0 Å². The van der Waals surface area contributed by atoms with Crippen LogP contribution in [0.2, 0.25) is 0 Å². The third-order valence-corrected chi connectivity index (χ3v) is 7.95. The maximum atomic E-state index is 13.6. The van der Waals surface area contributed by atoms with E-state index >= 15 is 0 Å². The maximum absolute atomic E-state index is 13.6. The second-order valence-electron chi connectivity index (χ2n) is 8.76. The zero-order chi connectivity index (χ0) is 23.9. The topological polar surface area (TPSA) is 93.0 Å². The van der Waals surface area contributed by atoms with E-state index in [0.717, 1.165) is 18.4 Å². The number of amides is 1. The van der Waals surface area contributed by atoms with E-state index in [1.807, 2.05) is 16.7 Å². The van der Waals surface area contributed by atoms with Gasteiger partial charge in [0.1, 0.15) is 5.75 Å². The lowest BCUT2D eigenvalue weighted by Crippen LogP contribution is -2.49. The molecule has 1 aliphatic heterocycles. The van der Waals surface area contributed by atoms with Crippen molar-refractivity contribution < 1.29 is 22.4 Å². The van der Waals surface area contributed by atoms with Crippen molar-refractivity contribution in [3.05, 3.63) is 54.1 Å². The van der Waals surface area contributed by atoms with E-state index in [2.05, 4.69) is 4.98 Å². The molecular formula is C25H27N3O5S. The summed E-state index contributed by atoms with van der Waals surface area (Å²) in [7, 11) is -2.36. The molecule has 0 N–H and O–H groups in total. The molecule has 2 aliphatic rings. The highest BCUT2D eigenvalue weighted by Crippen LogP contribution is 2.37. The summed E-state index contributed by atoms with van der Waals surface area (Å²) in [5.41, 5.74) is 1.58. The van der Waals surface area contributed by atoms with Crippen molar-refractivity contribution in [2.24, 2.45) is 5.92 Å². The number of methoxy groups -OCH3 is 1. The number of hydrogen-bond donors (Lipinski definition) is 0. The van der Waals surface area contributed by atoms with Crippen molar-refractivity contribution in [2.75, 3.05) is 38.2 Å². The molecule has 2 fully saturated rings. The summed E-state index contributed by atoms with van der Waals surface area (Å²) in [6, 6.07) is 13.8. The average Bonchev–Trinajstić information content (AvgIpc) is 3.61. The number of benzene rings is 2. The van der Waals surface area contributed by atoms with E-state index in [4.69, 9.17) is 9.15 Å². The molecule has 0 atom stereocenters. The number of rotatable bonds is 6. The molecule has 2 aromatic carbocycles. The van der Waals surface area contributed by atoms with Gasteiger partial charge in [-0.1, -0.05) is 23.8 Å². The minimum Gasteiger partial charge on any atom is -0.497 e. The number of aryl methyl sites for hydroxylation is 1. The lowest BCUT2D eigenvalue weighted by atomic mass is 10.2. The van der Waals surface area contributed by atoms with Crippen molar-refractivity contribution in [2.45, 2.75) is 29.7 Å². The summed E-state index contributed by atoms with van der Waals surface area (Å²) in [5.74, 6) is 1.39. The monoisotopic (exact) mass is 481 g/mol. The van der Waals surface area contributed by atoms with Crippen molar-refractivity contribution in [3.8, 4) is 17.2 Å². The van der Waals surface area contributed by atoms with Crippen LogP contribution in [0, 0.1) is 12.8 Å². The van der Waals surface area contributed by atoms with Gasteiger partial charge in [-0.2, -0.15) is 4.98 Å². The minimum absolute atomic E-state index is 0.115. The molecule has 2 heterocycles. The van der Waals surface area contributed by atoms with Crippen LogP contribution >= 0.6 is 0 Å². The molecule has 178 valence electrons. The van der Waals surface area contributed by atoms with Crippen LogP contribution in [0.15, 0.2) is 62.9 Å². The second kappa shape index (κ2) is 8.79. The van der Waals surface area contributed by atoms with Gasteiger partial charge in [0.2, 0.25) is 32.5 Å². The Bertz CT molecular complexity index is 1300. The van der Waals surface area contributed by atoms with Crippen molar-refractivity contribution in [1.29, 1.82) is 0 Å². The van der Waals surface area contributed by atoms with Crippen molar-refractivity contribution in [1.82, 2.24) is 9.88 Å². The van der Waals surface area contributed by atoms with Gasteiger partial charge in [0, 0.05) is 37.7 Å². The quantitative estimate of drug-likeness (QED) is 0.532. The Hall–Kier alpha value is -3.33. The van der Waals surface area contributed by atoms with Gasteiger partial charge in [0.25, 0.3) is 0 Å². The van der Waals surface area contributed by atoms with E-state index < -0.39 is 9.84 Å². The van der Waals surface area contributed by atoms with Gasteiger partial charge >= 0.3 is 0 Å². The Morgan fingerprint density at radius 3 is 2.41 bits per heavy atom. The number of sulfone groups is 1. The molecule has 1 saturated carbocycles. The molecule has 1 saturated heterocycles. The normalized spacial score (nSPS) is 16.5. The highest BCUT2D eigenvalue weighted by molar-refractivity contribution is 7.91. The predicted octanol–water partition coefficient (Wildman–Crippen LogP) is 3.55. The fourth-order valence-electron chi connectivity index (χ4n) is 4.10. The van der Waals surface area contributed by atoms with E-state index in [1.54, 1.807) is 55.6 Å². The third-order valence-electron chi connectivity index (χ3n) is 6.29. The molecule has 1 aliphatic carbocycles. The fourth-order valence-corrected chi connectivity index (χ4v) is 5.42. The molecular weight excluding hydrogens is 454 g/mol. The number of aromatic nitrogens is 1. The molecule has 3 aromatic rings. The van der Waals surface area contributed by atoms with Gasteiger partial charge in [-0.05, 0) is 50.1 Å². The van der Waals surface area contributed by atoms with Crippen LogP contribution in [-0.2, 0) is 14.6 Å². The zero-order valence-electron chi connectivity index (χ0n) is 19.2. The predicted molar refractivity (Wildman–Crippen MR) is 127 cm³/mol. The first-order chi connectivity index (χ1) is 16.4. The number of hydrogen-bond acceptors (Lipinski definition) is 7. The number of nitrogens with zero attached hydrogens (tertiary/aromatic N) is 3. The number of piperazine rings is 1. The second-order valence-corrected chi connectivity index (χ2v) is 10.6. The molecule has 8 nitrogen and oxygen atoms in total. The number of carbonyl (C=O) groups excluding carboxylic acids is 1. The Morgan fingerprint density at radius 2 is 1.76 bits per heavy atom.